The van der Waals surface area contributed by atoms with Crippen molar-refractivity contribution in [2.24, 2.45) is 0 Å². The summed E-state index contributed by atoms with van der Waals surface area (Å²) in [5.41, 5.74) is 0. The monoisotopic (exact) mass is 166 g/mol. The quantitative estimate of drug-likeness (QED) is 0.465. The lowest BCUT2D eigenvalue weighted by Crippen LogP contribution is -2.37. The summed E-state index contributed by atoms with van der Waals surface area (Å²) in [6, 6.07) is 0. The lowest BCUT2D eigenvalue weighted by atomic mass is 10.1. The fraction of sp³-hybridized carbons (Fsp3) is 1.00. The standard InChI is InChI=1S/C5H10O4S/c1-5(2,4-3-9-4)10(6,7)8/h4H,3H2,1-2H3,(H,6,7,8). The van der Waals surface area contributed by atoms with Crippen LogP contribution in [0, 0.1) is 0 Å². The molecule has 0 amide bonds. The first-order chi connectivity index (χ1) is 4.36. The molecule has 1 rings (SSSR count). The van der Waals surface area contributed by atoms with Crippen molar-refractivity contribution in [3.63, 3.8) is 0 Å². The SMILES string of the molecule is CC(C)(C1CO1)S(=O)(=O)O. The van der Waals surface area contributed by atoms with E-state index in [1.807, 2.05) is 0 Å². The van der Waals surface area contributed by atoms with Gasteiger partial charge in [-0.2, -0.15) is 8.42 Å². The molecular weight excluding hydrogens is 156 g/mol. The van der Waals surface area contributed by atoms with Crippen LogP contribution in [0.3, 0.4) is 0 Å². The van der Waals surface area contributed by atoms with Crippen LogP contribution in [0.4, 0.5) is 0 Å². The van der Waals surface area contributed by atoms with Gasteiger partial charge in [-0.3, -0.25) is 4.55 Å². The van der Waals surface area contributed by atoms with E-state index in [0.29, 0.717) is 6.61 Å². The minimum Gasteiger partial charge on any atom is -0.371 e. The first-order valence-electron chi connectivity index (χ1n) is 2.94. The minimum absolute atomic E-state index is 0.331. The van der Waals surface area contributed by atoms with E-state index in [-0.39, 0.29) is 6.10 Å². The Morgan fingerprint density at radius 3 is 2.10 bits per heavy atom. The molecule has 1 saturated heterocycles. The first-order valence-corrected chi connectivity index (χ1v) is 4.38. The Hall–Kier alpha value is -0.130. The average molecular weight is 166 g/mol. The van der Waals surface area contributed by atoms with Crippen molar-refractivity contribution in [1.29, 1.82) is 0 Å². The Labute approximate surface area is 59.9 Å². The van der Waals surface area contributed by atoms with E-state index in [2.05, 4.69) is 0 Å². The summed E-state index contributed by atoms with van der Waals surface area (Å²) in [6.07, 6.45) is -0.331. The molecule has 1 atom stereocenters. The Kier molecular flexibility index (Phi) is 1.54. The van der Waals surface area contributed by atoms with Gasteiger partial charge in [-0.05, 0) is 13.8 Å². The van der Waals surface area contributed by atoms with Crippen molar-refractivity contribution < 1.29 is 17.7 Å². The van der Waals surface area contributed by atoms with Gasteiger partial charge in [0.25, 0.3) is 10.1 Å². The van der Waals surface area contributed by atoms with E-state index in [0.717, 1.165) is 0 Å². The fourth-order valence-electron chi connectivity index (χ4n) is 0.616. The van der Waals surface area contributed by atoms with Gasteiger partial charge in [-0.25, -0.2) is 0 Å². The second-order valence-electron chi connectivity index (χ2n) is 2.90. The zero-order valence-electron chi connectivity index (χ0n) is 5.86. The molecule has 10 heavy (non-hydrogen) atoms. The maximum Gasteiger partial charge on any atom is 0.272 e. The van der Waals surface area contributed by atoms with Gasteiger partial charge in [-0.15, -0.1) is 0 Å². The normalized spacial score (nSPS) is 26.5. The number of ether oxygens (including phenoxy) is 1. The molecule has 0 radical (unpaired) electrons. The van der Waals surface area contributed by atoms with Gasteiger partial charge in [-0.1, -0.05) is 0 Å². The molecule has 0 aromatic heterocycles. The second-order valence-corrected chi connectivity index (χ2v) is 4.90. The third-order valence-electron chi connectivity index (χ3n) is 1.77. The summed E-state index contributed by atoms with van der Waals surface area (Å²) >= 11 is 0. The molecule has 0 aromatic carbocycles. The smallest absolute Gasteiger partial charge is 0.272 e. The summed E-state index contributed by atoms with van der Waals surface area (Å²) < 4.78 is 33.5. The van der Waals surface area contributed by atoms with Gasteiger partial charge in [0.05, 0.1) is 6.61 Å². The second kappa shape index (κ2) is 1.93. The van der Waals surface area contributed by atoms with Gasteiger partial charge < -0.3 is 4.74 Å². The van der Waals surface area contributed by atoms with Gasteiger partial charge >= 0.3 is 0 Å². The highest BCUT2D eigenvalue weighted by Gasteiger charge is 2.48. The molecule has 1 aliphatic heterocycles. The van der Waals surface area contributed by atoms with E-state index >= 15 is 0 Å². The summed E-state index contributed by atoms with van der Waals surface area (Å²) in [5, 5.41) is 0. The van der Waals surface area contributed by atoms with Gasteiger partial charge in [0.1, 0.15) is 10.9 Å². The van der Waals surface area contributed by atoms with E-state index in [4.69, 9.17) is 9.29 Å². The van der Waals surface area contributed by atoms with E-state index in [9.17, 15) is 8.42 Å². The van der Waals surface area contributed by atoms with Crippen LogP contribution < -0.4 is 0 Å². The molecule has 1 N–H and O–H groups in total. The Bertz CT molecular complexity index is 224. The van der Waals surface area contributed by atoms with E-state index < -0.39 is 14.9 Å². The molecule has 1 aliphatic rings. The largest absolute Gasteiger partial charge is 0.371 e. The molecule has 0 aromatic rings. The highest BCUT2D eigenvalue weighted by molar-refractivity contribution is 7.87. The zero-order chi connectivity index (χ0) is 7.99. The van der Waals surface area contributed by atoms with Crippen molar-refractivity contribution in [2.75, 3.05) is 6.61 Å². The maximum absolute atomic E-state index is 10.6. The molecule has 5 heteroatoms. The molecule has 1 fully saturated rings. The third-order valence-corrected chi connectivity index (χ3v) is 3.37. The lowest BCUT2D eigenvalue weighted by molar-refractivity contribution is 0.344. The first kappa shape index (κ1) is 7.97. The zero-order valence-corrected chi connectivity index (χ0v) is 6.68. The van der Waals surface area contributed by atoms with Gasteiger partial charge in [0.2, 0.25) is 0 Å². The summed E-state index contributed by atoms with van der Waals surface area (Å²) in [4.78, 5) is 0. The molecule has 4 nitrogen and oxygen atoms in total. The highest BCUT2D eigenvalue weighted by atomic mass is 32.2. The Morgan fingerprint density at radius 1 is 1.60 bits per heavy atom. The topological polar surface area (TPSA) is 66.9 Å². The Morgan fingerprint density at radius 2 is 2.00 bits per heavy atom. The lowest BCUT2D eigenvalue weighted by Gasteiger charge is -2.16. The Balaban J connectivity index is 2.86. The predicted octanol–water partition coefficient (Wildman–Crippen LogP) is 0.0516. The van der Waals surface area contributed by atoms with Crippen LogP contribution in [0.1, 0.15) is 13.8 Å². The van der Waals surface area contributed by atoms with Crippen molar-refractivity contribution in [3.05, 3.63) is 0 Å². The van der Waals surface area contributed by atoms with Crippen molar-refractivity contribution >= 4 is 10.1 Å². The van der Waals surface area contributed by atoms with Gasteiger partial charge in [0.15, 0.2) is 0 Å². The molecule has 0 aliphatic carbocycles. The molecule has 0 saturated carbocycles. The summed E-state index contributed by atoms with van der Waals surface area (Å²) in [5.74, 6) is 0. The number of epoxide rings is 1. The number of hydrogen-bond donors (Lipinski definition) is 1. The van der Waals surface area contributed by atoms with Crippen LogP contribution in [-0.4, -0.2) is 30.4 Å². The third kappa shape index (κ3) is 1.16. The molecular formula is C5H10O4S. The van der Waals surface area contributed by atoms with Crippen LogP contribution in [0.5, 0.6) is 0 Å². The van der Waals surface area contributed by atoms with E-state index in [1.54, 1.807) is 0 Å². The fourth-order valence-corrected chi connectivity index (χ4v) is 1.08. The molecule has 0 spiro atoms. The predicted molar refractivity (Wildman–Crippen MR) is 35.4 cm³/mol. The molecule has 60 valence electrons. The van der Waals surface area contributed by atoms with Crippen LogP contribution >= 0.6 is 0 Å². The van der Waals surface area contributed by atoms with Crippen LogP contribution in [0.2, 0.25) is 0 Å². The van der Waals surface area contributed by atoms with Gasteiger partial charge in [0, 0.05) is 0 Å². The van der Waals surface area contributed by atoms with Crippen molar-refractivity contribution in [1.82, 2.24) is 0 Å². The van der Waals surface area contributed by atoms with Crippen LogP contribution in [-0.2, 0) is 14.9 Å². The molecule has 0 bridgehead atoms. The summed E-state index contributed by atoms with van der Waals surface area (Å²) in [6.45, 7) is 3.31. The maximum atomic E-state index is 10.6. The van der Waals surface area contributed by atoms with Crippen molar-refractivity contribution in [2.45, 2.75) is 24.7 Å². The molecule has 1 heterocycles. The van der Waals surface area contributed by atoms with Crippen LogP contribution in [0.25, 0.3) is 0 Å². The van der Waals surface area contributed by atoms with E-state index in [1.165, 1.54) is 13.8 Å². The number of rotatable bonds is 2. The highest BCUT2D eigenvalue weighted by Crippen LogP contribution is 2.30. The minimum atomic E-state index is -3.96. The summed E-state index contributed by atoms with van der Waals surface area (Å²) in [7, 11) is -3.96. The van der Waals surface area contributed by atoms with Crippen LogP contribution in [0.15, 0.2) is 0 Å². The molecule has 1 unspecified atom stereocenters. The number of hydrogen-bond acceptors (Lipinski definition) is 3. The average Bonchev–Trinajstić information content (AvgIpc) is 2.38. The van der Waals surface area contributed by atoms with Crippen molar-refractivity contribution in [3.8, 4) is 0 Å².